The Morgan fingerprint density at radius 2 is 1.93 bits per heavy atom. The Labute approximate surface area is 180 Å². The maximum atomic E-state index is 11.2. The number of hydrogen-bond donors (Lipinski definition) is 0. The molecule has 0 saturated heterocycles. The number of rotatable bonds is 9. The summed E-state index contributed by atoms with van der Waals surface area (Å²) >= 11 is 0. The predicted molar refractivity (Wildman–Crippen MR) is 115 cm³/mol. The van der Waals surface area contributed by atoms with Crippen molar-refractivity contribution in [2.45, 2.75) is 69.8 Å². The van der Waals surface area contributed by atoms with Gasteiger partial charge in [0.2, 0.25) is 0 Å². The van der Waals surface area contributed by atoms with Crippen molar-refractivity contribution in [1.29, 1.82) is 0 Å². The largest absolute Gasteiger partial charge is 0.468 e. The highest BCUT2D eigenvalue weighted by Crippen LogP contribution is 2.63. The quantitative estimate of drug-likeness (QED) is 0.417. The van der Waals surface area contributed by atoms with Crippen LogP contribution in [0.15, 0.2) is 18.2 Å². The second kappa shape index (κ2) is 9.37. The van der Waals surface area contributed by atoms with E-state index < -0.39 is 0 Å². The van der Waals surface area contributed by atoms with Gasteiger partial charge in [-0.3, -0.25) is 0 Å². The molecule has 4 rings (SSSR count). The molecule has 6 atom stereocenters. The zero-order valence-corrected chi connectivity index (χ0v) is 18.6. The second-order valence-electron chi connectivity index (χ2n) is 9.58. The average molecular weight is 417 g/mol. The van der Waals surface area contributed by atoms with Gasteiger partial charge in [0, 0.05) is 20.6 Å². The molecule has 0 bridgehead atoms. The monoisotopic (exact) mass is 416 g/mol. The fourth-order valence-corrected chi connectivity index (χ4v) is 6.84. The highest BCUT2D eigenvalue weighted by Gasteiger charge is 2.56. The lowest BCUT2D eigenvalue weighted by molar-refractivity contribution is -0.125. The zero-order valence-electron chi connectivity index (χ0n) is 18.6. The average Bonchev–Trinajstić information content (AvgIpc) is 3.10. The van der Waals surface area contributed by atoms with Gasteiger partial charge in [0.05, 0.1) is 6.10 Å². The Kier molecular flexibility index (Phi) is 6.81. The van der Waals surface area contributed by atoms with E-state index in [-0.39, 0.29) is 12.2 Å². The van der Waals surface area contributed by atoms with Crippen LogP contribution < -0.4 is 4.74 Å². The van der Waals surface area contributed by atoms with Gasteiger partial charge in [-0.25, -0.2) is 0 Å². The smallest absolute Gasteiger partial charge is 0.188 e. The van der Waals surface area contributed by atoms with E-state index in [0.29, 0.717) is 43.0 Å². The van der Waals surface area contributed by atoms with Crippen LogP contribution in [0.4, 0.5) is 0 Å². The van der Waals surface area contributed by atoms with E-state index in [1.54, 1.807) is 14.2 Å². The highest BCUT2D eigenvalue weighted by molar-refractivity contribution is 5.50. The summed E-state index contributed by atoms with van der Waals surface area (Å²) in [7, 11) is 3.34. The van der Waals surface area contributed by atoms with Gasteiger partial charge in [-0.15, -0.1) is 0 Å². The molecule has 3 aliphatic rings. The van der Waals surface area contributed by atoms with Crippen molar-refractivity contribution in [2.24, 2.45) is 17.3 Å². The summed E-state index contributed by atoms with van der Waals surface area (Å²) in [5.74, 6) is 3.21. The summed E-state index contributed by atoms with van der Waals surface area (Å²) in [6.07, 6.45) is 8.82. The lowest BCUT2D eigenvalue weighted by Gasteiger charge is -2.52. The summed E-state index contributed by atoms with van der Waals surface area (Å²) in [6.45, 7) is 3.09. The number of fused-ring (bicyclic) bond motifs is 5. The minimum atomic E-state index is 0.230. The van der Waals surface area contributed by atoms with E-state index in [4.69, 9.17) is 18.9 Å². The van der Waals surface area contributed by atoms with Crippen LogP contribution in [0.3, 0.4) is 0 Å². The van der Waals surface area contributed by atoms with Gasteiger partial charge >= 0.3 is 0 Å². The summed E-state index contributed by atoms with van der Waals surface area (Å²) in [5.41, 5.74) is 3.10. The lowest BCUT2D eigenvalue weighted by Crippen LogP contribution is -2.45. The molecule has 0 radical (unpaired) electrons. The molecule has 0 heterocycles. The van der Waals surface area contributed by atoms with Gasteiger partial charge in [-0.05, 0) is 90.9 Å². The predicted octanol–water partition coefficient (Wildman–Crippen LogP) is 5.03. The Hall–Kier alpha value is -1.43. The van der Waals surface area contributed by atoms with Crippen LogP contribution in [0.25, 0.3) is 0 Å². The molecule has 0 N–H and O–H groups in total. The van der Waals surface area contributed by atoms with Gasteiger partial charge in [-0.1, -0.05) is 13.0 Å². The van der Waals surface area contributed by atoms with E-state index in [9.17, 15) is 4.79 Å². The molecule has 0 unspecified atom stereocenters. The molecule has 3 aliphatic carbocycles. The molecule has 2 fully saturated rings. The Morgan fingerprint density at radius 1 is 1.10 bits per heavy atom. The molecule has 5 nitrogen and oxygen atoms in total. The first-order valence-electron chi connectivity index (χ1n) is 11.4. The number of methoxy groups -OCH3 is 2. The zero-order chi connectivity index (χ0) is 21.1. The van der Waals surface area contributed by atoms with Crippen LogP contribution >= 0.6 is 0 Å². The van der Waals surface area contributed by atoms with Crippen molar-refractivity contribution in [3.8, 4) is 5.75 Å². The second-order valence-corrected chi connectivity index (χ2v) is 9.58. The minimum Gasteiger partial charge on any atom is -0.468 e. The third-order valence-corrected chi connectivity index (χ3v) is 8.17. The van der Waals surface area contributed by atoms with Crippen LogP contribution in [0.2, 0.25) is 0 Å². The van der Waals surface area contributed by atoms with Gasteiger partial charge < -0.3 is 23.7 Å². The Bertz CT molecular complexity index is 734. The topological polar surface area (TPSA) is 54.0 Å². The standard InChI is InChI=1S/C25H36O5/c1-25-11-10-20-19-7-6-18(29-15-27-2)14-21(19)17(5-4-12-26)13-22(20)23(25)8-9-24(25)30-16-28-3/h6-7,12,14,17,20,22-24H,4-5,8-11,13,15-16H2,1-3H3/t17-,20-,22-,23+,24+,25+/m1/s1. The van der Waals surface area contributed by atoms with Crippen LogP contribution in [-0.4, -0.2) is 40.2 Å². The Morgan fingerprint density at radius 3 is 2.70 bits per heavy atom. The molecule has 166 valence electrons. The van der Waals surface area contributed by atoms with Gasteiger partial charge in [0.1, 0.15) is 18.8 Å². The van der Waals surface area contributed by atoms with Gasteiger partial charge in [0.25, 0.3) is 0 Å². The SMILES string of the molecule is COCOc1ccc2c(c1)[C@H](CCC=O)C[C@@H]1[C@@H]2CC[C@]2(C)[C@@H](OCOC)CC[C@@H]12. The van der Waals surface area contributed by atoms with E-state index >= 15 is 0 Å². The third-order valence-electron chi connectivity index (χ3n) is 8.17. The highest BCUT2D eigenvalue weighted by atomic mass is 16.7. The summed E-state index contributed by atoms with van der Waals surface area (Å²) in [5, 5.41) is 0. The summed E-state index contributed by atoms with van der Waals surface area (Å²) in [4.78, 5) is 11.2. The van der Waals surface area contributed by atoms with Crippen molar-refractivity contribution >= 4 is 6.29 Å². The van der Waals surface area contributed by atoms with Crippen molar-refractivity contribution in [2.75, 3.05) is 27.8 Å². The third kappa shape index (κ3) is 3.92. The van der Waals surface area contributed by atoms with Gasteiger partial charge in [-0.2, -0.15) is 0 Å². The fourth-order valence-electron chi connectivity index (χ4n) is 6.84. The molecule has 1 aromatic rings. The Balaban J connectivity index is 1.62. The molecule has 0 aliphatic heterocycles. The molecule has 0 spiro atoms. The first kappa shape index (κ1) is 21.8. The number of aldehydes is 1. The number of carbonyl (C=O) groups excluding carboxylic acids is 1. The number of benzene rings is 1. The summed E-state index contributed by atoms with van der Waals surface area (Å²) < 4.78 is 22.1. The molecule has 30 heavy (non-hydrogen) atoms. The van der Waals surface area contributed by atoms with Crippen molar-refractivity contribution in [1.82, 2.24) is 0 Å². The van der Waals surface area contributed by atoms with Crippen molar-refractivity contribution in [3.05, 3.63) is 29.3 Å². The lowest BCUT2D eigenvalue weighted by atomic mass is 9.53. The molecule has 0 aromatic heterocycles. The first-order valence-corrected chi connectivity index (χ1v) is 11.4. The minimum absolute atomic E-state index is 0.230. The number of hydrogen-bond acceptors (Lipinski definition) is 5. The van der Waals surface area contributed by atoms with Crippen LogP contribution in [-0.2, 0) is 19.0 Å². The van der Waals surface area contributed by atoms with E-state index in [1.165, 1.54) is 30.4 Å². The molecular formula is C25H36O5. The molecular weight excluding hydrogens is 380 g/mol. The fraction of sp³-hybridized carbons (Fsp3) is 0.720. The maximum Gasteiger partial charge on any atom is 0.188 e. The first-order chi connectivity index (χ1) is 14.6. The van der Waals surface area contributed by atoms with E-state index in [0.717, 1.165) is 31.3 Å². The van der Waals surface area contributed by atoms with E-state index in [1.807, 2.05) is 0 Å². The van der Waals surface area contributed by atoms with Crippen molar-refractivity contribution < 1.29 is 23.7 Å². The molecule has 2 saturated carbocycles. The van der Waals surface area contributed by atoms with Crippen molar-refractivity contribution in [3.63, 3.8) is 0 Å². The maximum absolute atomic E-state index is 11.2. The van der Waals surface area contributed by atoms with Crippen LogP contribution in [0, 0.1) is 17.3 Å². The normalized spacial score (nSPS) is 34.7. The number of ether oxygens (including phenoxy) is 4. The summed E-state index contributed by atoms with van der Waals surface area (Å²) in [6, 6.07) is 6.57. The van der Waals surface area contributed by atoms with Crippen LogP contribution in [0.1, 0.15) is 74.8 Å². The molecule has 5 heteroatoms. The molecule has 0 amide bonds. The molecule has 1 aromatic carbocycles. The number of carbonyl (C=O) groups is 1. The van der Waals surface area contributed by atoms with Gasteiger partial charge in [0.15, 0.2) is 6.79 Å². The van der Waals surface area contributed by atoms with E-state index in [2.05, 4.69) is 25.1 Å². The van der Waals surface area contributed by atoms with Crippen LogP contribution in [0.5, 0.6) is 5.75 Å².